The average molecular weight is 169 g/mol. The maximum absolute atomic E-state index is 5.56. The highest BCUT2D eigenvalue weighted by molar-refractivity contribution is 6.29. The number of nitrogen functional groups attached to an aromatic ring is 1. The molecule has 0 saturated carbocycles. The minimum absolute atomic E-state index is 0.356. The van der Waals surface area contributed by atoms with Crippen molar-refractivity contribution in [1.82, 2.24) is 4.98 Å². The zero-order valence-electron chi connectivity index (χ0n) is 6.00. The second kappa shape index (κ2) is 3.22. The SMILES string of the molecule is CC#Cc1cnc(Cl)c[n+]1N. The summed E-state index contributed by atoms with van der Waals surface area (Å²) in [6.45, 7) is 1.73. The van der Waals surface area contributed by atoms with Crippen LogP contribution in [0.4, 0.5) is 0 Å². The van der Waals surface area contributed by atoms with E-state index in [4.69, 9.17) is 17.4 Å². The van der Waals surface area contributed by atoms with Crippen molar-refractivity contribution in [3.05, 3.63) is 23.2 Å². The van der Waals surface area contributed by atoms with Gasteiger partial charge in [0.25, 0.3) is 0 Å². The zero-order chi connectivity index (χ0) is 8.27. The predicted octanol–water partition coefficient (Wildman–Crippen LogP) is 0.108. The third-order valence-corrected chi connectivity index (χ3v) is 1.28. The molecule has 0 radical (unpaired) electrons. The maximum atomic E-state index is 5.56. The molecule has 0 saturated heterocycles. The molecule has 0 bridgehead atoms. The molecule has 0 spiro atoms. The molecule has 1 aromatic rings. The molecule has 0 aliphatic rings. The van der Waals surface area contributed by atoms with E-state index in [0.29, 0.717) is 10.8 Å². The van der Waals surface area contributed by atoms with Gasteiger partial charge in [-0.1, -0.05) is 22.2 Å². The van der Waals surface area contributed by atoms with E-state index in [1.165, 1.54) is 17.1 Å². The molecule has 0 aromatic carbocycles. The minimum atomic E-state index is 0.356. The van der Waals surface area contributed by atoms with E-state index in [1.54, 1.807) is 6.92 Å². The Hall–Kier alpha value is -1.27. The number of hydrogen-bond donors (Lipinski definition) is 1. The summed E-state index contributed by atoms with van der Waals surface area (Å²) >= 11 is 5.56. The van der Waals surface area contributed by atoms with Gasteiger partial charge < -0.3 is 0 Å². The quantitative estimate of drug-likeness (QED) is 0.340. The van der Waals surface area contributed by atoms with Crippen LogP contribution in [0, 0.1) is 11.8 Å². The molecule has 1 rings (SSSR count). The predicted molar refractivity (Wildman–Crippen MR) is 42.1 cm³/mol. The monoisotopic (exact) mass is 168 g/mol. The van der Waals surface area contributed by atoms with Crippen LogP contribution in [0.25, 0.3) is 0 Å². The first-order valence-electron chi connectivity index (χ1n) is 2.99. The summed E-state index contributed by atoms with van der Waals surface area (Å²) in [5.41, 5.74) is 0.636. The van der Waals surface area contributed by atoms with E-state index in [1.807, 2.05) is 0 Å². The second-order valence-corrected chi connectivity index (χ2v) is 2.26. The number of aromatic nitrogens is 2. The highest BCUT2D eigenvalue weighted by Crippen LogP contribution is 1.97. The Kier molecular flexibility index (Phi) is 2.29. The summed E-state index contributed by atoms with van der Waals surface area (Å²) in [4.78, 5) is 3.82. The fourth-order valence-electron chi connectivity index (χ4n) is 0.632. The fourth-order valence-corrected chi connectivity index (χ4v) is 0.786. The van der Waals surface area contributed by atoms with Gasteiger partial charge in [0, 0.05) is 5.92 Å². The fraction of sp³-hybridized carbons (Fsp3) is 0.143. The molecule has 56 valence electrons. The Bertz CT molecular complexity index is 324. The smallest absolute Gasteiger partial charge is 0.231 e. The van der Waals surface area contributed by atoms with Gasteiger partial charge in [-0.05, 0) is 6.92 Å². The molecule has 11 heavy (non-hydrogen) atoms. The summed E-state index contributed by atoms with van der Waals surface area (Å²) in [5.74, 6) is 11.0. The highest BCUT2D eigenvalue weighted by atomic mass is 35.5. The molecule has 1 heterocycles. The van der Waals surface area contributed by atoms with Crippen molar-refractivity contribution in [3.63, 3.8) is 0 Å². The number of nitrogens with two attached hydrogens (primary N) is 1. The first-order chi connectivity index (χ1) is 5.24. The van der Waals surface area contributed by atoms with Crippen LogP contribution in [0.3, 0.4) is 0 Å². The molecule has 2 N–H and O–H groups in total. The minimum Gasteiger partial charge on any atom is -0.231 e. The molecule has 0 atom stereocenters. The van der Waals surface area contributed by atoms with Crippen molar-refractivity contribution >= 4 is 11.6 Å². The Balaban J connectivity index is 3.16. The third kappa shape index (κ3) is 1.82. The molecule has 0 aliphatic carbocycles. The molecule has 3 nitrogen and oxygen atoms in total. The Morgan fingerprint density at radius 3 is 3.00 bits per heavy atom. The van der Waals surface area contributed by atoms with E-state index in [2.05, 4.69) is 16.8 Å². The molecule has 0 aliphatic heterocycles. The van der Waals surface area contributed by atoms with E-state index in [9.17, 15) is 0 Å². The first-order valence-corrected chi connectivity index (χ1v) is 3.37. The van der Waals surface area contributed by atoms with Crippen LogP contribution < -0.4 is 10.5 Å². The lowest BCUT2D eigenvalue weighted by Gasteiger charge is -1.88. The topological polar surface area (TPSA) is 42.8 Å². The molecule has 0 amide bonds. The molecular formula is C7H7ClN3+. The van der Waals surface area contributed by atoms with Crippen molar-refractivity contribution in [1.29, 1.82) is 0 Å². The Morgan fingerprint density at radius 1 is 1.73 bits per heavy atom. The number of hydrogen-bond acceptors (Lipinski definition) is 2. The van der Waals surface area contributed by atoms with Crippen LogP contribution in [0.1, 0.15) is 12.6 Å². The van der Waals surface area contributed by atoms with Gasteiger partial charge in [0.2, 0.25) is 6.20 Å². The largest absolute Gasteiger partial charge is 0.303 e. The summed E-state index contributed by atoms with van der Waals surface area (Å²) in [6.07, 6.45) is 3.03. The van der Waals surface area contributed by atoms with Crippen molar-refractivity contribution in [2.24, 2.45) is 0 Å². The van der Waals surface area contributed by atoms with Gasteiger partial charge in [-0.15, -0.1) is 0 Å². The molecule has 1 aromatic heterocycles. The third-order valence-electron chi connectivity index (χ3n) is 1.09. The van der Waals surface area contributed by atoms with Crippen molar-refractivity contribution in [3.8, 4) is 11.8 Å². The zero-order valence-corrected chi connectivity index (χ0v) is 6.76. The van der Waals surface area contributed by atoms with Crippen LogP contribution >= 0.6 is 11.6 Å². The molecule has 4 heteroatoms. The number of nitrogens with zero attached hydrogens (tertiary/aromatic N) is 2. The lowest BCUT2D eigenvalue weighted by atomic mass is 10.4. The van der Waals surface area contributed by atoms with E-state index in [0.717, 1.165) is 0 Å². The van der Waals surface area contributed by atoms with Crippen LogP contribution in [0.5, 0.6) is 0 Å². The van der Waals surface area contributed by atoms with Gasteiger partial charge in [-0.25, -0.2) is 10.8 Å². The lowest BCUT2D eigenvalue weighted by Crippen LogP contribution is -2.47. The van der Waals surface area contributed by atoms with Crippen LogP contribution in [0.2, 0.25) is 5.15 Å². The first kappa shape index (κ1) is 7.83. The van der Waals surface area contributed by atoms with Crippen LogP contribution in [-0.2, 0) is 0 Å². The molecular weight excluding hydrogens is 162 g/mol. The average Bonchev–Trinajstić information content (AvgIpc) is 1.95. The van der Waals surface area contributed by atoms with Gasteiger partial charge in [-0.2, -0.15) is 0 Å². The Morgan fingerprint density at radius 2 is 2.45 bits per heavy atom. The van der Waals surface area contributed by atoms with Gasteiger partial charge in [0.15, 0.2) is 5.15 Å². The molecule has 0 unspecified atom stereocenters. The number of rotatable bonds is 0. The van der Waals surface area contributed by atoms with E-state index >= 15 is 0 Å². The van der Waals surface area contributed by atoms with Gasteiger partial charge in [0.05, 0.1) is 0 Å². The highest BCUT2D eigenvalue weighted by Gasteiger charge is 2.04. The Labute approximate surface area is 69.8 Å². The van der Waals surface area contributed by atoms with Crippen molar-refractivity contribution in [2.75, 3.05) is 5.84 Å². The van der Waals surface area contributed by atoms with Gasteiger partial charge in [0.1, 0.15) is 6.20 Å². The van der Waals surface area contributed by atoms with Gasteiger partial charge >= 0.3 is 5.69 Å². The number of halogens is 1. The van der Waals surface area contributed by atoms with Gasteiger partial charge in [-0.3, -0.25) is 0 Å². The van der Waals surface area contributed by atoms with E-state index in [-0.39, 0.29) is 0 Å². The van der Waals surface area contributed by atoms with E-state index < -0.39 is 0 Å². The standard InChI is InChI=1S/C7H7ClN3/c1-2-3-6-4-10-7(8)5-11(6)9/h4-5H,1H3,(H2,9,10)/q+1. The van der Waals surface area contributed by atoms with Crippen LogP contribution in [-0.4, -0.2) is 4.98 Å². The van der Waals surface area contributed by atoms with Crippen molar-refractivity contribution in [2.45, 2.75) is 6.92 Å². The normalized spacial score (nSPS) is 8.55. The van der Waals surface area contributed by atoms with Crippen LogP contribution in [0.15, 0.2) is 12.4 Å². The summed E-state index contributed by atoms with van der Waals surface area (Å²) in [5, 5.41) is 0.356. The van der Waals surface area contributed by atoms with Crippen molar-refractivity contribution < 1.29 is 4.68 Å². The lowest BCUT2D eigenvalue weighted by molar-refractivity contribution is -0.641. The summed E-state index contributed by atoms with van der Waals surface area (Å²) in [6, 6.07) is 0. The maximum Gasteiger partial charge on any atom is 0.303 e. The second-order valence-electron chi connectivity index (χ2n) is 1.88. The molecule has 0 fully saturated rings. The summed E-state index contributed by atoms with van der Waals surface area (Å²) in [7, 11) is 0. The summed E-state index contributed by atoms with van der Waals surface area (Å²) < 4.78 is 1.34.